The Labute approximate surface area is 203 Å². The molecule has 3 heterocycles. The first-order valence-corrected chi connectivity index (χ1v) is 13.4. The maximum absolute atomic E-state index is 13.6. The second-order valence-electron chi connectivity index (χ2n) is 8.64. The third-order valence-electron chi connectivity index (χ3n) is 5.99. The van der Waals surface area contributed by atoms with E-state index in [0.29, 0.717) is 30.2 Å². The van der Waals surface area contributed by atoms with Gasteiger partial charge >= 0.3 is 0 Å². The lowest BCUT2D eigenvalue weighted by atomic mass is 9.99. The smallest absolute Gasteiger partial charge is 0.248 e. The van der Waals surface area contributed by atoms with Gasteiger partial charge in [0.15, 0.2) is 15.8 Å². The van der Waals surface area contributed by atoms with E-state index in [9.17, 15) is 13.2 Å². The molecule has 0 unspecified atom stereocenters. The molecule has 1 N–H and O–H groups in total. The van der Waals surface area contributed by atoms with E-state index in [2.05, 4.69) is 27.6 Å². The number of aryl methyl sites for hydroxylation is 4. The monoisotopic (exact) mass is 500 g/mol. The molecule has 1 saturated heterocycles. The van der Waals surface area contributed by atoms with E-state index in [1.165, 1.54) is 21.2 Å². The van der Waals surface area contributed by atoms with Crippen molar-refractivity contribution in [2.45, 2.75) is 45.4 Å². The summed E-state index contributed by atoms with van der Waals surface area (Å²) in [5.74, 6) is -0.488. The quantitative estimate of drug-likeness (QED) is 0.531. The van der Waals surface area contributed by atoms with Crippen LogP contribution in [0.25, 0.3) is 12.2 Å². The zero-order chi connectivity index (χ0) is 24.5. The summed E-state index contributed by atoms with van der Waals surface area (Å²) < 4.78 is 34.0. The number of carbonyl (C=O) groups is 1. The van der Waals surface area contributed by atoms with Crippen LogP contribution < -0.4 is 5.32 Å². The molecule has 1 amide bonds. The summed E-state index contributed by atoms with van der Waals surface area (Å²) >= 11 is 1.33. The minimum atomic E-state index is -3.91. The van der Waals surface area contributed by atoms with E-state index >= 15 is 0 Å². The first-order valence-electron chi connectivity index (χ1n) is 11.1. The third kappa shape index (κ3) is 4.98. The molecule has 8 nitrogen and oxygen atoms in total. The van der Waals surface area contributed by atoms with E-state index in [0.717, 1.165) is 16.7 Å². The Hall–Kier alpha value is -2.82. The second kappa shape index (κ2) is 9.81. The van der Waals surface area contributed by atoms with Crippen molar-refractivity contribution in [3.8, 4) is 0 Å². The highest BCUT2D eigenvalue weighted by atomic mass is 32.2. The average molecular weight is 501 g/mol. The molecule has 3 aromatic rings. The fourth-order valence-corrected chi connectivity index (χ4v) is 6.71. The Morgan fingerprint density at radius 1 is 1.21 bits per heavy atom. The van der Waals surface area contributed by atoms with Gasteiger partial charge in [0, 0.05) is 24.7 Å². The maximum atomic E-state index is 13.6. The van der Waals surface area contributed by atoms with E-state index in [1.54, 1.807) is 24.6 Å². The van der Waals surface area contributed by atoms with E-state index in [4.69, 9.17) is 4.52 Å². The van der Waals surface area contributed by atoms with Gasteiger partial charge in [0.2, 0.25) is 15.9 Å². The van der Waals surface area contributed by atoms with Crippen molar-refractivity contribution in [3.05, 3.63) is 57.4 Å². The van der Waals surface area contributed by atoms with Gasteiger partial charge in [0.25, 0.3) is 0 Å². The van der Waals surface area contributed by atoms with Gasteiger partial charge in [-0.25, -0.2) is 13.4 Å². The second-order valence-corrected chi connectivity index (χ2v) is 11.4. The Morgan fingerprint density at radius 3 is 2.62 bits per heavy atom. The zero-order valence-corrected chi connectivity index (χ0v) is 21.3. The summed E-state index contributed by atoms with van der Waals surface area (Å²) in [7, 11) is -3.91. The molecule has 0 aliphatic carbocycles. The number of nitrogens with one attached hydrogen (secondary N) is 1. The fraction of sp³-hybridized carbons (Fsp3) is 0.375. The molecule has 1 aliphatic heterocycles. The number of aromatic nitrogens is 2. The highest BCUT2D eigenvalue weighted by Crippen LogP contribution is 2.30. The van der Waals surface area contributed by atoms with Gasteiger partial charge < -0.3 is 9.84 Å². The normalized spacial score (nSPS) is 17.4. The predicted octanol–water partition coefficient (Wildman–Crippen LogP) is 4.57. The van der Waals surface area contributed by atoms with Crippen LogP contribution in [-0.2, 0) is 14.8 Å². The molecule has 34 heavy (non-hydrogen) atoms. The van der Waals surface area contributed by atoms with Crippen LogP contribution in [0.4, 0.5) is 5.13 Å². The van der Waals surface area contributed by atoms with Gasteiger partial charge in [-0.2, -0.15) is 4.31 Å². The number of thiazole rings is 1. The summed E-state index contributed by atoms with van der Waals surface area (Å²) in [5.41, 5.74) is 4.68. The number of carbonyl (C=O) groups excluding carboxylic acids is 1. The summed E-state index contributed by atoms with van der Waals surface area (Å²) in [6.45, 7) is 8.14. The molecule has 0 spiro atoms. The third-order valence-corrected chi connectivity index (χ3v) is 8.70. The lowest BCUT2D eigenvalue weighted by Gasteiger charge is -2.30. The SMILES string of the molecule is Cc1cc(C)c(/C=C/c2onc(C)c2S(=O)(=O)N2CCC[C@@H](C(=O)Nc3nccs3)C2)c(C)c1. The molecule has 180 valence electrons. The molecule has 0 bridgehead atoms. The van der Waals surface area contributed by atoms with E-state index in [1.807, 2.05) is 26.8 Å². The highest BCUT2D eigenvalue weighted by molar-refractivity contribution is 7.89. The van der Waals surface area contributed by atoms with Crippen LogP contribution in [0.5, 0.6) is 0 Å². The van der Waals surface area contributed by atoms with Crippen LogP contribution in [0.2, 0.25) is 0 Å². The number of anilines is 1. The lowest BCUT2D eigenvalue weighted by Crippen LogP contribution is -2.43. The molecule has 4 rings (SSSR count). The van der Waals surface area contributed by atoms with Crippen molar-refractivity contribution in [3.63, 3.8) is 0 Å². The summed E-state index contributed by atoms with van der Waals surface area (Å²) in [5, 5.41) is 9.00. The molecule has 1 atom stereocenters. The minimum Gasteiger partial charge on any atom is -0.355 e. The van der Waals surface area contributed by atoms with Gasteiger partial charge in [0.1, 0.15) is 5.69 Å². The maximum Gasteiger partial charge on any atom is 0.248 e. The van der Waals surface area contributed by atoms with Crippen molar-refractivity contribution < 1.29 is 17.7 Å². The van der Waals surface area contributed by atoms with E-state index < -0.39 is 15.9 Å². The topological polar surface area (TPSA) is 105 Å². The Kier molecular flexibility index (Phi) is 7.01. The molecule has 2 aromatic heterocycles. The zero-order valence-electron chi connectivity index (χ0n) is 19.7. The molecular weight excluding hydrogens is 472 g/mol. The molecule has 0 saturated carbocycles. The molecule has 10 heteroatoms. The number of benzene rings is 1. The number of nitrogens with zero attached hydrogens (tertiary/aromatic N) is 3. The number of amides is 1. The molecule has 1 aromatic carbocycles. The van der Waals surface area contributed by atoms with Crippen LogP contribution in [0.15, 0.2) is 33.1 Å². The predicted molar refractivity (Wildman–Crippen MR) is 133 cm³/mol. The largest absolute Gasteiger partial charge is 0.355 e. The van der Waals surface area contributed by atoms with Crippen LogP contribution in [-0.4, -0.2) is 41.9 Å². The van der Waals surface area contributed by atoms with Crippen LogP contribution >= 0.6 is 11.3 Å². The lowest BCUT2D eigenvalue weighted by molar-refractivity contribution is -0.120. The average Bonchev–Trinajstić information content (AvgIpc) is 3.42. The highest BCUT2D eigenvalue weighted by Gasteiger charge is 2.37. The fourth-order valence-electron chi connectivity index (χ4n) is 4.41. The molecule has 1 fully saturated rings. The van der Waals surface area contributed by atoms with Crippen LogP contribution in [0.1, 0.15) is 46.5 Å². The summed E-state index contributed by atoms with van der Waals surface area (Å²) in [4.78, 5) is 16.8. The Bertz CT molecular complexity index is 1300. The van der Waals surface area contributed by atoms with Crippen molar-refractivity contribution in [1.82, 2.24) is 14.4 Å². The van der Waals surface area contributed by atoms with Crippen molar-refractivity contribution >= 4 is 44.6 Å². The van der Waals surface area contributed by atoms with Gasteiger partial charge in [-0.3, -0.25) is 4.79 Å². The van der Waals surface area contributed by atoms with Gasteiger partial charge in [-0.05, 0) is 63.3 Å². The van der Waals surface area contributed by atoms with Crippen LogP contribution in [0.3, 0.4) is 0 Å². The molecule has 1 aliphatic rings. The minimum absolute atomic E-state index is 0.0483. The van der Waals surface area contributed by atoms with Gasteiger partial charge in [-0.15, -0.1) is 11.3 Å². The molecular formula is C24H28N4O4S2. The number of hydrogen-bond acceptors (Lipinski definition) is 7. The number of piperidine rings is 1. The Morgan fingerprint density at radius 2 is 1.94 bits per heavy atom. The molecule has 0 radical (unpaired) electrons. The first-order chi connectivity index (χ1) is 16.2. The van der Waals surface area contributed by atoms with E-state index in [-0.39, 0.29) is 23.1 Å². The Balaban J connectivity index is 1.58. The van der Waals surface area contributed by atoms with Crippen LogP contribution in [0, 0.1) is 33.6 Å². The number of rotatable bonds is 6. The first kappa shape index (κ1) is 24.3. The van der Waals surface area contributed by atoms with Gasteiger partial charge in [-0.1, -0.05) is 28.9 Å². The van der Waals surface area contributed by atoms with Crippen molar-refractivity contribution in [2.24, 2.45) is 5.92 Å². The number of hydrogen-bond donors (Lipinski definition) is 1. The number of sulfonamides is 1. The van der Waals surface area contributed by atoms with Crippen molar-refractivity contribution in [2.75, 3.05) is 18.4 Å². The van der Waals surface area contributed by atoms with Crippen molar-refractivity contribution in [1.29, 1.82) is 0 Å². The van der Waals surface area contributed by atoms with Gasteiger partial charge in [0.05, 0.1) is 5.92 Å². The summed E-state index contributed by atoms with van der Waals surface area (Å²) in [6, 6.07) is 4.17. The standard InChI is InChI=1S/C24H28N4O4S2/c1-15-12-16(2)20(17(3)13-15)7-8-21-22(18(4)27-32-21)34(30,31)28-10-5-6-19(14-28)23(29)26-24-25-9-11-33-24/h7-9,11-13,19H,5-6,10,14H2,1-4H3,(H,25,26,29)/b8-7+/t19-/m1/s1. The summed E-state index contributed by atoms with van der Waals surface area (Å²) in [6.07, 6.45) is 6.34.